The van der Waals surface area contributed by atoms with E-state index in [0.717, 1.165) is 11.1 Å². The monoisotopic (exact) mass is 222 g/mol. The van der Waals surface area contributed by atoms with Gasteiger partial charge in [0.1, 0.15) is 0 Å². The quantitative estimate of drug-likeness (QED) is 0.786. The van der Waals surface area contributed by atoms with Crippen LogP contribution in [0.15, 0.2) is 36.1 Å². The van der Waals surface area contributed by atoms with Crippen molar-refractivity contribution in [2.45, 2.75) is 12.8 Å². The number of ether oxygens (including phenoxy) is 1. The van der Waals surface area contributed by atoms with Crippen molar-refractivity contribution in [1.82, 2.24) is 0 Å². The summed E-state index contributed by atoms with van der Waals surface area (Å²) in [6.07, 6.45) is 2.62. The number of halogens is 1. The number of carbonyl (C=O) groups is 1. The number of ketones is 1. The maximum Gasteiger partial charge on any atom is 0.166 e. The van der Waals surface area contributed by atoms with Gasteiger partial charge in [0, 0.05) is 23.4 Å². The Balaban J connectivity index is 2.09. The minimum Gasteiger partial charge on any atom is -0.500 e. The first-order valence-corrected chi connectivity index (χ1v) is 5.22. The van der Waals surface area contributed by atoms with E-state index in [-0.39, 0.29) is 5.78 Å². The molecule has 0 unspecified atom stereocenters. The summed E-state index contributed by atoms with van der Waals surface area (Å²) in [5.41, 5.74) is 1.63. The lowest BCUT2D eigenvalue weighted by molar-refractivity contribution is -0.115. The number of carbonyl (C=O) groups excluding carboxylic acids is 1. The van der Waals surface area contributed by atoms with Crippen LogP contribution in [0.25, 0.3) is 0 Å². The van der Waals surface area contributed by atoms with Gasteiger partial charge in [-0.05, 0) is 11.6 Å². The van der Waals surface area contributed by atoms with Crippen LogP contribution in [0.2, 0.25) is 5.02 Å². The summed E-state index contributed by atoms with van der Waals surface area (Å²) in [5, 5.41) is 0.644. The fourth-order valence-electron chi connectivity index (χ4n) is 1.52. The van der Waals surface area contributed by atoms with Gasteiger partial charge < -0.3 is 4.74 Å². The molecule has 2 rings (SSSR count). The van der Waals surface area contributed by atoms with Gasteiger partial charge >= 0.3 is 0 Å². The van der Waals surface area contributed by atoms with E-state index in [2.05, 4.69) is 0 Å². The lowest BCUT2D eigenvalue weighted by atomic mass is 10.0. The predicted octanol–water partition coefficient (Wildman–Crippen LogP) is 2.76. The van der Waals surface area contributed by atoms with E-state index in [1.54, 1.807) is 12.3 Å². The summed E-state index contributed by atoms with van der Waals surface area (Å²) in [6, 6.07) is 7.41. The normalized spacial score (nSPS) is 14.6. The van der Waals surface area contributed by atoms with Gasteiger partial charge in [0.15, 0.2) is 5.78 Å². The Morgan fingerprint density at radius 1 is 1.40 bits per heavy atom. The summed E-state index contributed by atoms with van der Waals surface area (Å²) in [6.45, 7) is 0.615. The van der Waals surface area contributed by atoms with E-state index in [0.29, 0.717) is 24.5 Å². The molecule has 0 saturated heterocycles. The van der Waals surface area contributed by atoms with E-state index < -0.39 is 0 Å². The molecule has 0 spiro atoms. The smallest absolute Gasteiger partial charge is 0.166 e. The Morgan fingerprint density at radius 3 is 2.87 bits per heavy atom. The number of hydrogen-bond acceptors (Lipinski definition) is 2. The zero-order valence-electron chi connectivity index (χ0n) is 8.20. The third-order valence-electron chi connectivity index (χ3n) is 2.38. The van der Waals surface area contributed by atoms with E-state index >= 15 is 0 Å². The first-order chi connectivity index (χ1) is 7.27. The van der Waals surface area contributed by atoms with Crippen LogP contribution in [0.5, 0.6) is 0 Å². The van der Waals surface area contributed by atoms with Crippen LogP contribution in [0.1, 0.15) is 12.0 Å². The van der Waals surface area contributed by atoms with Crippen LogP contribution in [-0.4, -0.2) is 12.4 Å². The van der Waals surface area contributed by atoms with Crippen LogP contribution >= 0.6 is 11.6 Å². The second-order valence-corrected chi connectivity index (χ2v) is 3.86. The molecule has 0 amide bonds. The lowest BCUT2D eigenvalue weighted by Crippen LogP contribution is -2.05. The van der Waals surface area contributed by atoms with Crippen molar-refractivity contribution in [2.75, 3.05) is 6.61 Å². The summed E-state index contributed by atoms with van der Waals surface area (Å²) in [5.74, 6) is 0.0978. The van der Waals surface area contributed by atoms with Gasteiger partial charge in [-0.25, -0.2) is 0 Å². The Hall–Kier alpha value is -1.28. The van der Waals surface area contributed by atoms with Crippen molar-refractivity contribution in [1.29, 1.82) is 0 Å². The van der Waals surface area contributed by atoms with Crippen LogP contribution < -0.4 is 0 Å². The van der Waals surface area contributed by atoms with Crippen LogP contribution in [0.4, 0.5) is 0 Å². The minimum absolute atomic E-state index is 0.0978. The molecule has 0 radical (unpaired) electrons. The van der Waals surface area contributed by atoms with Gasteiger partial charge in [0.25, 0.3) is 0 Å². The highest BCUT2D eigenvalue weighted by Gasteiger charge is 2.15. The fourth-order valence-corrected chi connectivity index (χ4v) is 1.72. The van der Waals surface area contributed by atoms with Crippen molar-refractivity contribution in [3.8, 4) is 0 Å². The Labute approximate surface area is 93.5 Å². The molecule has 1 heterocycles. The molecule has 0 aliphatic carbocycles. The molecule has 1 aliphatic heterocycles. The first-order valence-electron chi connectivity index (χ1n) is 4.84. The Morgan fingerprint density at radius 2 is 2.20 bits per heavy atom. The molecule has 0 N–H and O–H groups in total. The molecule has 0 fully saturated rings. The number of hydrogen-bond donors (Lipinski definition) is 0. The number of rotatable bonds is 3. The standard InChI is InChI=1S/C12H11ClO2/c13-11-4-2-1-3-9(11)7-12(14)10-5-6-15-8-10/h1-4,8H,5-7H2. The van der Waals surface area contributed by atoms with E-state index in [1.165, 1.54) is 0 Å². The highest BCUT2D eigenvalue weighted by Crippen LogP contribution is 2.19. The largest absolute Gasteiger partial charge is 0.500 e. The highest BCUT2D eigenvalue weighted by atomic mass is 35.5. The summed E-state index contributed by atoms with van der Waals surface area (Å²) >= 11 is 5.97. The van der Waals surface area contributed by atoms with Gasteiger partial charge in [-0.2, -0.15) is 0 Å². The molecule has 0 bridgehead atoms. The van der Waals surface area contributed by atoms with Gasteiger partial charge in [-0.3, -0.25) is 4.79 Å². The van der Waals surface area contributed by atoms with E-state index in [9.17, 15) is 4.79 Å². The zero-order valence-corrected chi connectivity index (χ0v) is 8.96. The van der Waals surface area contributed by atoms with Crippen LogP contribution in [0.3, 0.4) is 0 Å². The van der Waals surface area contributed by atoms with Crippen molar-refractivity contribution in [3.63, 3.8) is 0 Å². The van der Waals surface area contributed by atoms with Crippen molar-refractivity contribution in [3.05, 3.63) is 46.7 Å². The second kappa shape index (κ2) is 4.49. The van der Waals surface area contributed by atoms with Crippen molar-refractivity contribution < 1.29 is 9.53 Å². The van der Waals surface area contributed by atoms with E-state index in [4.69, 9.17) is 16.3 Å². The van der Waals surface area contributed by atoms with Crippen molar-refractivity contribution in [2.24, 2.45) is 0 Å². The number of benzene rings is 1. The molecule has 78 valence electrons. The third-order valence-corrected chi connectivity index (χ3v) is 2.75. The SMILES string of the molecule is O=C(Cc1ccccc1Cl)C1=COCC1. The molecule has 0 aromatic heterocycles. The average molecular weight is 223 g/mol. The highest BCUT2D eigenvalue weighted by molar-refractivity contribution is 6.31. The minimum atomic E-state index is 0.0978. The van der Waals surface area contributed by atoms with Crippen LogP contribution in [-0.2, 0) is 16.0 Å². The summed E-state index contributed by atoms with van der Waals surface area (Å²) in [7, 11) is 0. The maximum absolute atomic E-state index is 11.8. The molecular formula is C12H11ClO2. The van der Waals surface area contributed by atoms with Crippen molar-refractivity contribution >= 4 is 17.4 Å². The second-order valence-electron chi connectivity index (χ2n) is 3.46. The third kappa shape index (κ3) is 2.39. The lowest BCUT2D eigenvalue weighted by Gasteiger charge is -2.02. The Kier molecular flexibility index (Phi) is 3.07. The molecule has 1 aliphatic rings. The Bertz CT molecular complexity index is 410. The van der Waals surface area contributed by atoms with Gasteiger partial charge in [-0.1, -0.05) is 29.8 Å². The summed E-state index contributed by atoms with van der Waals surface area (Å²) < 4.78 is 5.03. The molecule has 3 heteroatoms. The molecule has 15 heavy (non-hydrogen) atoms. The molecule has 1 aromatic rings. The van der Waals surface area contributed by atoms with Gasteiger partial charge in [-0.15, -0.1) is 0 Å². The molecular weight excluding hydrogens is 212 g/mol. The summed E-state index contributed by atoms with van der Waals surface area (Å²) in [4.78, 5) is 11.8. The topological polar surface area (TPSA) is 26.3 Å². The van der Waals surface area contributed by atoms with E-state index in [1.807, 2.05) is 18.2 Å². The maximum atomic E-state index is 11.8. The zero-order chi connectivity index (χ0) is 10.7. The predicted molar refractivity (Wildman–Crippen MR) is 58.8 cm³/mol. The fraction of sp³-hybridized carbons (Fsp3) is 0.250. The van der Waals surface area contributed by atoms with Gasteiger partial charge in [0.2, 0.25) is 0 Å². The average Bonchev–Trinajstić information content (AvgIpc) is 2.74. The molecule has 0 atom stereocenters. The molecule has 0 saturated carbocycles. The van der Waals surface area contributed by atoms with Crippen LogP contribution in [0, 0.1) is 0 Å². The molecule has 2 nitrogen and oxygen atoms in total. The number of Topliss-reactive ketones (excluding diaryl/α,β-unsaturated/α-hetero) is 1. The first kappa shape index (κ1) is 10.2. The van der Waals surface area contributed by atoms with Gasteiger partial charge in [0.05, 0.1) is 12.9 Å². The molecule has 1 aromatic carbocycles.